The molecule has 4 nitrogen and oxygen atoms in total. The maximum atomic E-state index is 13.1. The minimum Gasteiger partial charge on any atom is -0.331 e. The van der Waals surface area contributed by atoms with E-state index in [1.165, 1.54) is 0 Å². The quantitative estimate of drug-likeness (QED) is 0.913. The van der Waals surface area contributed by atoms with Crippen LogP contribution >= 0.6 is 0 Å². The van der Waals surface area contributed by atoms with Gasteiger partial charge in [-0.2, -0.15) is 0 Å². The molecule has 0 spiro atoms. The Morgan fingerprint density at radius 2 is 1.52 bits per heavy atom. The van der Waals surface area contributed by atoms with E-state index in [0.717, 1.165) is 24.0 Å². The Kier molecular flexibility index (Phi) is 5.29. The highest BCUT2D eigenvalue weighted by Crippen LogP contribution is 2.29. The van der Waals surface area contributed by atoms with Gasteiger partial charge in [-0.15, -0.1) is 0 Å². The molecular formula is C21H24N2O2. The number of rotatable bonds is 5. The standard InChI is InChI=1S/C21H24N2O2/c1-15(24)18-13-8-14-23(18)21(25)20(22)19(16-9-4-2-5-10-16)17-11-6-3-7-12-17/h2-7,9-12,18-20H,8,13-14,22H2,1H3. The number of amides is 1. The lowest BCUT2D eigenvalue weighted by molar-refractivity contribution is -0.138. The van der Waals surface area contributed by atoms with Crippen molar-refractivity contribution in [3.63, 3.8) is 0 Å². The maximum absolute atomic E-state index is 13.1. The molecule has 2 aromatic rings. The zero-order valence-electron chi connectivity index (χ0n) is 14.5. The van der Waals surface area contributed by atoms with Gasteiger partial charge in [0.1, 0.15) is 0 Å². The van der Waals surface area contributed by atoms with Crippen LogP contribution in [0, 0.1) is 0 Å². The molecule has 25 heavy (non-hydrogen) atoms. The average Bonchev–Trinajstić information content (AvgIpc) is 3.13. The molecule has 2 aromatic carbocycles. The van der Waals surface area contributed by atoms with Gasteiger partial charge in [0.05, 0.1) is 12.1 Å². The number of carbonyl (C=O) groups excluding carboxylic acids is 2. The predicted molar refractivity (Wildman–Crippen MR) is 98.1 cm³/mol. The SMILES string of the molecule is CC(=O)C1CCCN1C(=O)C(N)C(c1ccccc1)c1ccccc1. The number of ketones is 1. The van der Waals surface area contributed by atoms with E-state index in [4.69, 9.17) is 5.73 Å². The average molecular weight is 336 g/mol. The van der Waals surface area contributed by atoms with Crippen LogP contribution in [0.2, 0.25) is 0 Å². The number of benzene rings is 2. The Labute approximate surface area is 148 Å². The summed E-state index contributed by atoms with van der Waals surface area (Å²) in [7, 11) is 0. The summed E-state index contributed by atoms with van der Waals surface area (Å²) in [5.74, 6) is -0.340. The summed E-state index contributed by atoms with van der Waals surface area (Å²) >= 11 is 0. The molecule has 1 amide bonds. The van der Waals surface area contributed by atoms with Crippen LogP contribution in [0.15, 0.2) is 60.7 Å². The third kappa shape index (κ3) is 3.64. The lowest BCUT2D eigenvalue weighted by atomic mass is 9.84. The van der Waals surface area contributed by atoms with Crippen LogP contribution in [0.25, 0.3) is 0 Å². The van der Waals surface area contributed by atoms with Crippen molar-refractivity contribution < 1.29 is 9.59 Å². The molecule has 0 bridgehead atoms. The zero-order valence-corrected chi connectivity index (χ0v) is 14.5. The van der Waals surface area contributed by atoms with Crippen molar-refractivity contribution in [1.29, 1.82) is 0 Å². The van der Waals surface area contributed by atoms with Gasteiger partial charge < -0.3 is 10.6 Å². The zero-order chi connectivity index (χ0) is 17.8. The fraction of sp³-hybridized carbons (Fsp3) is 0.333. The molecule has 4 heteroatoms. The van der Waals surface area contributed by atoms with Crippen LogP contribution in [-0.2, 0) is 9.59 Å². The molecule has 1 saturated heterocycles. The number of nitrogens with zero attached hydrogens (tertiary/aromatic N) is 1. The van der Waals surface area contributed by atoms with Gasteiger partial charge in [-0.3, -0.25) is 9.59 Å². The molecule has 2 N–H and O–H groups in total. The van der Waals surface area contributed by atoms with E-state index in [2.05, 4.69) is 0 Å². The first-order chi connectivity index (χ1) is 12.1. The van der Waals surface area contributed by atoms with Crippen molar-refractivity contribution in [3.05, 3.63) is 71.8 Å². The number of Topliss-reactive ketones (excluding diaryl/α,β-unsaturated/α-hetero) is 1. The monoisotopic (exact) mass is 336 g/mol. The van der Waals surface area contributed by atoms with Gasteiger partial charge in [0.15, 0.2) is 5.78 Å². The van der Waals surface area contributed by atoms with E-state index in [-0.39, 0.29) is 23.7 Å². The van der Waals surface area contributed by atoms with Crippen LogP contribution in [0.5, 0.6) is 0 Å². The largest absolute Gasteiger partial charge is 0.331 e. The van der Waals surface area contributed by atoms with E-state index in [1.807, 2.05) is 60.7 Å². The molecule has 2 unspecified atom stereocenters. The van der Waals surface area contributed by atoms with Crippen LogP contribution in [-0.4, -0.2) is 35.2 Å². The summed E-state index contributed by atoms with van der Waals surface area (Å²) in [6, 6.07) is 18.7. The smallest absolute Gasteiger partial charge is 0.241 e. The fourth-order valence-electron chi connectivity index (χ4n) is 3.72. The molecule has 1 heterocycles. The first-order valence-corrected chi connectivity index (χ1v) is 8.76. The highest BCUT2D eigenvalue weighted by Gasteiger charge is 2.37. The first kappa shape index (κ1) is 17.4. The van der Waals surface area contributed by atoms with Gasteiger partial charge in [0, 0.05) is 12.5 Å². The van der Waals surface area contributed by atoms with Crippen LogP contribution in [0.4, 0.5) is 0 Å². The van der Waals surface area contributed by atoms with Gasteiger partial charge >= 0.3 is 0 Å². The van der Waals surface area contributed by atoms with Crippen LogP contribution in [0.1, 0.15) is 36.8 Å². The van der Waals surface area contributed by atoms with E-state index in [0.29, 0.717) is 6.54 Å². The molecular weight excluding hydrogens is 312 g/mol. The van der Waals surface area contributed by atoms with Crippen molar-refractivity contribution in [2.24, 2.45) is 5.73 Å². The van der Waals surface area contributed by atoms with Crippen LogP contribution in [0.3, 0.4) is 0 Å². The third-order valence-electron chi connectivity index (χ3n) is 4.97. The minimum atomic E-state index is -0.718. The molecule has 1 fully saturated rings. The topological polar surface area (TPSA) is 63.4 Å². The minimum absolute atomic E-state index is 0.0361. The summed E-state index contributed by atoms with van der Waals surface area (Å²) in [6.45, 7) is 2.15. The van der Waals surface area contributed by atoms with Gasteiger partial charge in [0.2, 0.25) is 5.91 Å². The highest BCUT2D eigenvalue weighted by molar-refractivity contribution is 5.91. The Morgan fingerprint density at radius 1 is 1.00 bits per heavy atom. The van der Waals surface area contributed by atoms with Gasteiger partial charge in [-0.1, -0.05) is 60.7 Å². The van der Waals surface area contributed by atoms with E-state index < -0.39 is 6.04 Å². The Bertz CT molecular complexity index is 691. The number of likely N-dealkylation sites (tertiary alicyclic amines) is 1. The lowest BCUT2D eigenvalue weighted by Gasteiger charge is -2.30. The summed E-state index contributed by atoms with van der Waals surface area (Å²) < 4.78 is 0. The maximum Gasteiger partial charge on any atom is 0.241 e. The molecule has 0 saturated carbocycles. The van der Waals surface area contributed by atoms with Crippen molar-refractivity contribution in [2.45, 2.75) is 37.8 Å². The molecule has 0 radical (unpaired) electrons. The molecule has 130 valence electrons. The lowest BCUT2D eigenvalue weighted by Crippen LogP contribution is -2.50. The number of hydrogen-bond donors (Lipinski definition) is 1. The predicted octanol–water partition coefficient (Wildman–Crippen LogP) is 2.73. The summed E-state index contributed by atoms with van der Waals surface area (Å²) in [5.41, 5.74) is 8.48. The number of hydrogen-bond acceptors (Lipinski definition) is 3. The first-order valence-electron chi connectivity index (χ1n) is 8.76. The van der Waals surface area contributed by atoms with Gasteiger partial charge in [0.25, 0.3) is 0 Å². The Balaban J connectivity index is 1.93. The van der Waals surface area contributed by atoms with E-state index in [9.17, 15) is 9.59 Å². The third-order valence-corrected chi connectivity index (χ3v) is 4.97. The molecule has 3 rings (SSSR count). The van der Waals surface area contributed by atoms with Gasteiger partial charge in [-0.25, -0.2) is 0 Å². The second-order valence-corrected chi connectivity index (χ2v) is 6.63. The summed E-state index contributed by atoms with van der Waals surface area (Å²) in [5, 5.41) is 0. The summed E-state index contributed by atoms with van der Waals surface area (Å²) in [4.78, 5) is 26.6. The Morgan fingerprint density at radius 3 is 2.00 bits per heavy atom. The molecule has 2 atom stereocenters. The van der Waals surface area contributed by atoms with Crippen molar-refractivity contribution in [2.75, 3.05) is 6.54 Å². The summed E-state index contributed by atoms with van der Waals surface area (Å²) in [6.07, 6.45) is 1.58. The number of carbonyl (C=O) groups is 2. The van der Waals surface area contributed by atoms with Crippen molar-refractivity contribution >= 4 is 11.7 Å². The molecule has 1 aliphatic heterocycles. The van der Waals surface area contributed by atoms with E-state index >= 15 is 0 Å². The fourth-order valence-corrected chi connectivity index (χ4v) is 3.72. The molecule has 0 aliphatic carbocycles. The van der Waals surface area contributed by atoms with Gasteiger partial charge in [-0.05, 0) is 30.9 Å². The second kappa shape index (κ2) is 7.62. The normalized spacial score (nSPS) is 18.4. The number of nitrogens with two attached hydrogens (primary N) is 1. The highest BCUT2D eigenvalue weighted by atomic mass is 16.2. The molecule has 1 aliphatic rings. The van der Waals surface area contributed by atoms with Crippen LogP contribution < -0.4 is 5.73 Å². The van der Waals surface area contributed by atoms with E-state index in [1.54, 1.807) is 11.8 Å². The van der Waals surface area contributed by atoms with Crippen molar-refractivity contribution in [1.82, 2.24) is 4.90 Å². The van der Waals surface area contributed by atoms with Crippen molar-refractivity contribution in [3.8, 4) is 0 Å². The Hall–Kier alpha value is -2.46. The second-order valence-electron chi connectivity index (χ2n) is 6.63. The molecule has 0 aromatic heterocycles.